The number of nitrogens with zero attached hydrogens (tertiary/aromatic N) is 2. The molecule has 0 saturated heterocycles. The van der Waals surface area contributed by atoms with Gasteiger partial charge in [-0.25, -0.2) is 4.98 Å². The van der Waals surface area contributed by atoms with Gasteiger partial charge in [0.1, 0.15) is 5.69 Å². The first-order valence-electron chi connectivity index (χ1n) is 4.16. The number of aryl methyl sites for hydroxylation is 2. The summed E-state index contributed by atoms with van der Waals surface area (Å²) in [7, 11) is 0. The number of nitrogens with one attached hydrogen (secondary N) is 1. The van der Waals surface area contributed by atoms with Crippen LogP contribution in [0.3, 0.4) is 0 Å². The molecule has 0 aliphatic heterocycles. The van der Waals surface area contributed by atoms with Gasteiger partial charge in [0.05, 0.1) is 0 Å². The smallest absolute Gasteiger partial charge is 0.314 e. The van der Waals surface area contributed by atoms with Crippen LogP contribution in [0, 0.1) is 18.7 Å². The molecule has 0 unspecified atom stereocenters. The fourth-order valence-electron chi connectivity index (χ4n) is 1.30. The fourth-order valence-corrected chi connectivity index (χ4v) is 1.43. The van der Waals surface area contributed by atoms with Crippen LogP contribution in [0.4, 0.5) is 0 Å². The van der Waals surface area contributed by atoms with Crippen molar-refractivity contribution in [3.05, 3.63) is 28.2 Å². The van der Waals surface area contributed by atoms with E-state index < -0.39 is 0 Å². The molecule has 2 heterocycles. The molecular formula is C9H9N3OS. The minimum absolute atomic E-state index is 0.195. The zero-order chi connectivity index (χ0) is 10.1. The van der Waals surface area contributed by atoms with Crippen molar-refractivity contribution in [2.75, 3.05) is 0 Å². The Bertz CT molecular complexity index is 495. The molecule has 14 heavy (non-hydrogen) atoms. The highest BCUT2D eigenvalue weighted by Crippen LogP contribution is 2.14. The molecule has 0 atom stereocenters. The Morgan fingerprint density at radius 2 is 2.07 bits per heavy atom. The number of rotatable bonds is 1. The summed E-state index contributed by atoms with van der Waals surface area (Å²) in [5, 5.41) is 2.62. The van der Waals surface area contributed by atoms with Crippen molar-refractivity contribution in [3.8, 4) is 11.5 Å². The van der Waals surface area contributed by atoms with Gasteiger partial charge in [0.25, 0.3) is 0 Å². The summed E-state index contributed by atoms with van der Waals surface area (Å²) >= 11 is 4.76. The highest BCUT2D eigenvalue weighted by Gasteiger charge is 2.04. The molecule has 0 saturated carbocycles. The van der Waals surface area contributed by atoms with Crippen molar-refractivity contribution in [3.63, 3.8) is 0 Å². The third-order valence-electron chi connectivity index (χ3n) is 1.78. The highest BCUT2D eigenvalue weighted by molar-refractivity contribution is 7.71. The average Bonchev–Trinajstić information content (AvgIpc) is 2.50. The maximum absolute atomic E-state index is 4.84. The van der Waals surface area contributed by atoms with Gasteiger partial charge in [-0.15, -0.1) is 0 Å². The first-order valence-corrected chi connectivity index (χ1v) is 4.57. The van der Waals surface area contributed by atoms with Crippen molar-refractivity contribution in [2.24, 2.45) is 0 Å². The van der Waals surface area contributed by atoms with Gasteiger partial charge in [-0.1, -0.05) is 0 Å². The van der Waals surface area contributed by atoms with E-state index in [-0.39, 0.29) is 4.84 Å². The van der Waals surface area contributed by atoms with E-state index in [1.54, 1.807) is 0 Å². The minimum atomic E-state index is 0.195. The summed E-state index contributed by atoms with van der Waals surface area (Å²) in [6.07, 6.45) is 0. The quantitative estimate of drug-likeness (QED) is 0.729. The van der Waals surface area contributed by atoms with E-state index in [0.29, 0.717) is 5.82 Å². The van der Waals surface area contributed by atoms with Gasteiger partial charge >= 0.3 is 4.84 Å². The molecule has 0 aliphatic carbocycles. The van der Waals surface area contributed by atoms with Gasteiger partial charge in [-0.3, -0.25) is 0 Å². The number of hydrogen-bond donors (Lipinski definition) is 1. The van der Waals surface area contributed by atoms with Gasteiger partial charge in [0, 0.05) is 5.69 Å². The molecule has 0 spiro atoms. The molecule has 0 aliphatic rings. The Morgan fingerprint density at radius 1 is 1.29 bits per heavy atom. The Morgan fingerprint density at radius 3 is 2.64 bits per heavy atom. The van der Waals surface area contributed by atoms with Crippen LogP contribution >= 0.6 is 12.2 Å². The number of aromatic amines is 1. The van der Waals surface area contributed by atoms with Gasteiger partial charge in [0.2, 0.25) is 0 Å². The lowest BCUT2D eigenvalue weighted by molar-refractivity contribution is 0.406. The van der Waals surface area contributed by atoms with Crippen LogP contribution in [0.1, 0.15) is 11.3 Å². The summed E-state index contributed by atoms with van der Waals surface area (Å²) in [5.41, 5.74) is 2.83. The van der Waals surface area contributed by atoms with Crippen LogP contribution in [0.25, 0.3) is 11.5 Å². The van der Waals surface area contributed by atoms with Crippen molar-refractivity contribution in [1.82, 2.24) is 15.1 Å². The third-order valence-corrected chi connectivity index (χ3v) is 1.95. The number of hydrogen-bond acceptors (Lipinski definition) is 4. The van der Waals surface area contributed by atoms with Crippen LogP contribution in [0.2, 0.25) is 0 Å². The standard InChI is InChI=1S/C9H9N3OS/c1-5-3-6(2)10-7(4-5)8-11-9(14)13-12-8/h3-4H,1-2H3,(H,11,12,14). The topological polar surface area (TPSA) is 54.7 Å². The maximum Gasteiger partial charge on any atom is 0.314 e. The summed E-state index contributed by atoms with van der Waals surface area (Å²) in [5.74, 6) is 0.571. The molecule has 2 aromatic heterocycles. The summed E-state index contributed by atoms with van der Waals surface area (Å²) in [6.45, 7) is 3.94. The van der Waals surface area contributed by atoms with Crippen LogP contribution < -0.4 is 0 Å². The SMILES string of the molecule is Cc1cc(C)nc(-c2nc(=S)o[nH]2)c1. The molecule has 0 fully saturated rings. The molecule has 0 aromatic carbocycles. The zero-order valence-electron chi connectivity index (χ0n) is 7.87. The van der Waals surface area contributed by atoms with Crippen LogP contribution in [0.5, 0.6) is 0 Å². The van der Waals surface area contributed by atoms with Gasteiger partial charge in [-0.05, 0) is 43.8 Å². The van der Waals surface area contributed by atoms with E-state index >= 15 is 0 Å². The van der Waals surface area contributed by atoms with E-state index in [1.165, 1.54) is 0 Å². The van der Waals surface area contributed by atoms with Gasteiger partial charge in [0.15, 0.2) is 5.82 Å². The van der Waals surface area contributed by atoms with E-state index in [2.05, 4.69) is 15.1 Å². The van der Waals surface area contributed by atoms with E-state index in [4.69, 9.17) is 16.7 Å². The molecule has 4 nitrogen and oxygen atoms in total. The second-order valence-corrected chi connectivity index (χ2v) is 3.45. The first-order chi connectivity index (χ1) is 6.65. The van der Waals surface area contributed by atoms with E-state index in [1.807, 2.05) is 26.0 Å². The van der Waals surface area contributed by atoms with Gasteiger partial charge in [-0.2, -0.15) is 10.1 Å². The number of pyridine rings is 1. The lowest BCUT2D eigenvalue weighted by Crippen LogP contribution is -1.90. The predicted molar refractivity (Wildman–Crippen MR) is 54.4 cm³/mol. The van der Waals surface area contributed by atoms with E-state index in [9.17, 15) is 0 Å². The second kappa shape index (κ2) is 3.34. The molecule has 1 N–H and O–H groups in total. The maximum atomic E-state index is 4.84. The largest absolute Gasteiger partial charge is 0.348 e. The molecule has 72 valence electrons. The monoisotopic (exact) mass is 207 g/mol. The van der Waals surface area contributed by atoms with E-state index in [0.717, 1.165) is 17.0 Å². The fraction of sp³-hybridized carbons (Fsp3) is 0.222. The molecule has 5 heteroatoms. The third kappa shape index (κ3) is 1.72. The lowest BCUT2D eigenvalue weighted by Gasteiger charge is -1.99. The Balaban J connectivity index is 2.56. The first kappa shape index (κ1) is 9.08. The van der Waals surface area contributed by atoms with Crippen molar-refractivity contribution < 1.29 is 4.52 Å². The Kier molecular flexibility index (Phi) is 2.17. The predicted octanol–water partition coefficient (Wildman–Crippen LogP) is 2.41. The van der Waals surface area contributed by atoms with Crippen molar-refractivity contribution in [2.45, 2.75) is 13.8 Å². The minimum Gasteiger partial charge on any atom is -0.348 e. The molecule has 2 aromatic rings. The molecule has 0 amide bonds. The van der Waals surface area contributed by atoms with Crippen LogP contribution in [-0.4, -0.2) is 15.1 Å². The van der Waals surface area contributed by atoms with Crippen LogP contribution in [-0.2, 0) is 0 Å². The summed E-state index contributed by atoms with van der Waals surface area (Å²) in [6, 6.07) is 3.92. The lowest BCUT2D eigenvalue weighted by atomic mass is 10.2. The summed E-state index contributed by atoms with van der Waals surface area (Å²) < 4.78 is 4.84. The second-order valence-electron chi connectivity index (χ2n) is 3.10. The zero-order valence-corrected chi connectivity index (χ0v) is 8.68. The molecule has 0 radical (unpaired) electrons. The van der Waals surface area contributed by atoms with Crippen LogP contribution in [0.15, 0.2) is 16.7 Å². The molecular weight excluding hydrogens is 198 g/mol. The number of H-pyrrole nitrogens is 1. The molecule has 0 bridgehead atoms. The normalized spacial score (nSPS) is 10.4. The summed E-state index contributed by atoms with van der Waals surface area (Å²) in [4.78, 5) is 8.51. The van der Waals surface area contributed by atoms with Gasteiger partial charge < -0.3 is 4.52 Å². The Hall–Kier alpha value is -1.49. The molecule has 2 rings (SSSR count). The van der Waals surface area contributed by atoms with Crippen molar-refractivity contribution in [1.29, 1.82) is 0 Å². The highest BCUT2D eigenvalue weighted by atomic mass is 32.1. The average molecular weight is 207 g/mol. The van der Waals surface area contributed by atoms with Crippen molar-refractivity contribution >= 4 is 12.2 Å². The Labute approximate surface area is 86.0 Å². The number of aromatic nitrogens is 3.